The summed E-state index contributed by atoms with van der Waals surface area (Å²) in [4.78, 5) is 15.8. The van der Waals surface area contributed by atoms with Crippen molar-refractivity contribution in [3.05, 3.63) is 63.0 Å². The fourth-order valence-electron chi connectivity index (χ4n) is 2.15. The summed E-state index contributed by atoms with van der Waals surface area (Å²) in [6.45, 7) is 1.86. The summed E-state index contributed by atoms with van der Waals surface area (Å²) in [5.41, 5.74) is 6.89. The molecule has 0 radical (unpaired) electrons. The van der Waals surface area contributed by atoms with Crippen molar-refractivity contribution >= 4 is 55.0 Å². The van der Waals surface area contributed by atoms with E-state index in [1.54, 1.807) is 24.3 Å². The van der Waals surface area contributed by atoms with Gasteiger partial charge in [0.2, 0.25) is 0 Å². The van der Waals surface area contributed by atoms with Gasteiger partial charge in [-0.1, -0.05) is 33.6 Å². The van der Waals surface area contributed by atoms with Crippen molar-refractivity contribution in [2.75, 3.05) is 0 Å². The second kappa shape index (κ2) is 7.26. The molecule has 1 aliphatic rings. The zero-order valence-electron chi connectivity index (χ0n) is 13.5. The Balaban J connectivity index is 1.97. The third kappa shape index (κ3) is 4.17. The number of hydrogen-bond donors (Lipinski definition) is 1. The summed E-state index contributed by atoms with van der Waals surface area (Å²) in [5, 5.41) is 0.144. The molecule has 134 valence electrons. The average Bonchev–Trinajstić information content (AvgIpc) is 2.88. The SMILES string of the molecule is Cc1ccc(S(=O)(=O)Oc2ccc(Br)cc2/C=C2\SC(N)=NC2=O)cc1. The molecule has 26 heavy (non-hydrogen) atoms. The maximum atomic E-state index is 12.5. The number of amides is 1. The maximum absolute atomic E-state index is 12.5. The van der Waals surface area contributed by atoms with E-state index >= 15 is 0 Å². The van der Waals surface area contributed by atoms with Crippen LogP contribution in [0.4, 0.5) is 0 Å². The van der Waals surface area contributed by atoms with Crippen LogP contribution in [0.15, 0.2) is 61.7 Å². The van der Waals surface area contributed by atoms with Gasteiger partial charge in [-0.15, -0.1) is 0 Å². The Hall–Kier alpha value is -2.10. The van der Waals surface area contributed by atoms with E-state index in [1.807, 2.05) is 6.92 Å². The van der Waals surface area contributed by atoms with E-state index in [1.165, 1.54) is 24.3 Å². The van der Waals surface area contributed by atoms with Crippen molar-refractivity contribution < 1.29 is 17.4 Å². The molecule has 2 N–H and O–H groups in total. The van der Waals surface area contributed by atoms with Gasteiger partial charge in [0.15, 0.2) is 5.17 Å². The predicted molar refractivity (Wildman–Crippen MR) is 105 cm³/mol. The first kappa shape index (κ1) is 18.7. The molecule has 1 amide bonds. The first-order chi connectivity index (χ1) is 12.2. The van der Waals surface area contributed by atoms with E-state index in [0.29, 0.717) is 10.0 Å². The zero-order chi connectivity index (χ0) is 18.9. The minimum atomic E-state index is -4.01. The number of nitrogens with zero attached hydrogens (tertiary/aromatic N) is 1. The highest BCUT2D eigenvalue weighted by Gasteiger charge is 2.22. The minimum Gasteiger partial charge on any atom is -0.378 e. The molecule has 0 spiro atoms. The number of hydrogen-bond acceptors (Lipinski definition) is 6. The Morgan fingerprint density at radius 3 is 2.50 bits per heavy atom. The Morgan fingerprint density at radius 1 is 1.19 bits per heavy atom. The van der Waals surface area contributed by atoms with Crippen molar-refractivity contribution in [3.8, 4) is 5.75 Å². The molecular weight excluding hydrogens is 440 g/mol. The van der Waals surface area contributed by atoms with Crippen LogP contribution < -0.4 is 9.92 Å². The quantitative estimate of drug-likeness (QED) is 0.563. The van der Waals surface area contributed by atoms with Crippen molar-refractivity contribution in [2.24, 2.45) is 10.7 Å². The van der Waals surface area contributed by atoms with Gasteiger partial charge >= 0.3 is 10.1 Å². The summed E-state index contributed by atoms with van der Waals surface area (Å²) in [6.07, 6.45) is 1.50. The summed E-state index contributed by atoms with van der Waals surface area (Å²) in [6, 6.07) is 11.1. The van der Waals surface area contributed by atoms with Gasteiger partial charge in [0.1, 0.15) is 10.6 Å². The van der Waals surface area contributed by atoms with Crippen LogP contribution >= 0.6 is 27.7 Å². The second-order valence-electron chi connectivity index (χ2n) is 5.40. The maximum Gasteiger partial charge on any atom is 0.339 e. The highest BCUT2D eigenvalue weighted by molar-refractivity contribution is 9.10. The fraction of sp³-hybridized carbons (Fsp3) is 0.0588. The molecule has 2 aromatic rings. The molecule has 6 nitrogen and oxygen atoms in total. The van der Waals surface area contributed by atoms with Crippen LogP contribution in [0.3, 0.4) is 0 Å². The van der Waals surface area contributed by atoms with E-state index in [0.717, 1.165) is 17.3 Å². The van der Waals surface area contributed by atoms with Gasteiger partial charge in [-0.2, -0.15) is 13.4 Å². The molecule has 0 unspecified atom stereocenters. The van der Waals surface area contributed by atoms with Gasteiger partial charge in [-0.3, -0.25) is 4.79 Å². The van der Waals surface area contributed by atoms with Crippen LogP contribution in [-0.2, 0) is 14.9 Å². The minimum absolute atomic E-state index is 0.0449. The number of thioether (sulfide) groups is 1. The van der Waals surface area contributed by atoms with Crippen LogP contribution in [0.25, 0.3) is 6.08 Å². The van der Waals surface area contributed by atoms with Crippen LogP contribution in [0, 0.1) is 6.92 Å². The van der Waals surface area contributed by atoms with Gasteiger partial charge < -0.3 is 9.92 Å². The molecule has 2 aromatic carbocycles. The molecule has 1 aliphatic heterocycles. The lowest BCUT2D eigenvalue weighted by Crippen LogP contribution is -2.10. The number of nitrogens with two attached hydrogens (primary N) is 1. The highest BCUT2D eigenvalue weighted by Crippen LogP contribution is 2.32. The van der Waals surface area contributed by atoms with Gasteiger partial charge in [-0.05, 0) is 55.1 Å². The second-order valence-corrected chi connectivity index (χ2v) is 8.92. The number of benzene rings is 2. The number of amidine groups is 1. The van der Waals surface area contributed by atoms with Crippen molar-refractivity contribution in [3.63, 3.8) is 0 Å². The molecule has 9 heteroatoms. The average molecular weight is 453 g/mol. The largest absolute Gasteiger partial charge is 0.378 e. The molecule has 0 saturated carbocycles. The third-order valence-corrected chi connectivity index (χ3v) is 5.96. The number of rotatable bonds is 4. The number of carbonyl (C=O) groups excluding carboxylic acids is 1. The Kier molecular flexibility index (Phi) is 5.22. The Bertz CT molecular complexity index is 1040. The lowest BCUT2D eigenvalue weighted by molar-refractivity contribution is -0.113. The van der Waals surface area contributed by atoms with Gasteiger partial charge in [0, 0.05) is 10.0 Å². The first-order valence-electron chi connectivity index (χ1n) is 7.33. The number of aliphatic imine (C=N–C) groups is 1. The molecule has 0 aliphatic carbocycles. The van der Waals surface area contributed by atoms with E-state index in [4.69, 9.17) is 9.92 Å². The number of carbonyl (C=O) groups is 1. The van der Waals surface area contributed by atoms with Crippen molar-refractivity contribution in [1.29, 1.82) is 0 Å². The summed E-state index contributed by atoms with van der Waals surface area (Å²) in [5.74, 6) is -0.375. The zero-order valence-corrected chi connectivity index (χ0v) is 16.7. The van der Waals surface area contributed by atoms with E-state index in [9.17, 15) is 13.2 Å². The summed E-state index contributed by atoms with van der Waals surface area (Å²) >= 11 is 4.34. The van der Waals surface area contributed by atoms with Crippen molar-refractivity contribution in [2.45, 2.75) is 11.8 Å². The van der Waals surface area contributed by atoms with Gasteiger partial charge in [-0.25, -0.2) is 0 Å². The normalized spacial score (nSPS) is 16.0. The van der Waals surface area contributed by atoms with E-state index in [-0.39, 0.29) is 20.7 Å². The summed E-state index contributed by atoms with van der Waals surface area (Å²) < 4.78 is 31.1. The van der Waals surface area contributed by atoms with Crippen molar-refractivity contribution in [1.82, 2.24) is 0 Å². The number of aryl methyl sites for hydroxylation is 1. The van der Waals surface area contributed by atoms with Gasteiger partial charge in [0.25, 0.3) is 5.91 Å². The van der Waals surface area contributed by atoms with E-state index < -0.39 is 16.0 Å². The van der Waals surface area contributed by atoms with Crippen LogP contribution in [0.1, 0.15) is 11.1 Å². The smallest absolute Gasteiger partial charge is 0.339 e. The topological polar surface area (TPSA) is 98.8 Å². The lowest BCUT2D eigenvalue weighted by Gasteiger charge is -2.10. The molecule has 0 saturated heterocycles. The molecule has 0 aromatic heterocycles. The monoisotopic (exact) mass is 452 g/mol. The molecular formula is C17H13BrN2O4S2. The molecule has 0 bridgehead atoms. The Morgan fingerprint density at radius 2 is 1.88 bits per heavy atom. The first-order valence-corrected chi connectivity index (χ1v) is 10.3. The molecule has 0 fully saturated rings. The molecule has 3 rings (SSSR count). The molecule has 0 atom stereocenters. The van der Waals surface area contributed by atoms with Crippen LogP contribution in [0.2, 0.25) is 0 Å². The third-order valence-electron chi connectivity index (χ3n) is 3.40. The lowest BCUT2D eigenvalue weighted by atomic mass is 10.2. The predicted octanol–water partition coefficient (Wildman–Crippen LogP) is 3.45. The summed E-state index contributed by atoms with van der Waals surface area (Å²) in [7, 11) is -4.01. The van der Waals surface area contributed by atoms with Crippen LogP contribution in [-0.4, -0.2) is 19.5 Å². The van der Waals surface area contributed by atoms with E-state index in [2.05, 4.69) is 20.9 Å². The fourth-order valence-corrected chi connectivity index (χ4v) is 4.15. The Labute approximate surface area is 163 Å². The van der Waals surface area contributed by atoms with Crippen LogP contribution in [0.5, 0.6) is 5.75 Å². The number of halogens is 1. The molecule has 1 heterocycles. The standard InChI is InChI=1S/C17H13BrN2O4S2/c1-10-2-5-13(6-3-10)26(22,23)24-14-7-4-12(18)8-11(14)9-15-16(21)20-17(19)25-15/h2-9H,1H3,(H2,19,20,21)/b15-9-. The van der Waals surface area contributed by atoms with Gasteiger partial charge in [0.05, 0.1) is 4.91 Å². The highest BCUT2D eigenvalue weighted by atomic mass is 79.9.